The topological polar surface area (TPSA) is 77.1 Å². The van der Waals surface area contributed by atoms with Crippen molar-refractivity contribution in [3.8, 4) is 0 Å². The number of aromatic amines is 1. The Kier molecular flexibility index (Phi) is 4.75. The van der Waals surface area contributed by atoms with Crippen molar-refractivity contribution < 1.29 is 5.11 Å². The molecule has 0 aliphatic carbocycles. The van der Waals surface area contributed by atoms with Crippen molar-refractivity contribution in [2.24, 2.45) is 0 Å². The third-order valence-corrected chi connectivity index (χ3v) is 4.97. The summed E-state index contributed by atoms with van der Waals surface area (Å²) in [7, 11) is 0. The number of hydrogen-bond acceptors (Lipinski definition) is 5. The van der Waals surface area contributed by atoms with Gasteiger partial charge in [0.25, 0.3) is 0 Å². The lowest BCUT2D eigenvalue weighted by molar-refractivity contribution is 0.266. The molecule has 3 N–H and O–H groups in total. The number of anilines is 3. The monoisotopic (exact) mass is 351 g/mol. The summed E-state index contributed by atoms with van der Waals surface area (Å²) >= 11 is 0. The fourth-order valence-electron chi connectivity index (χ4n) is 3.65. The fourth-order valence-corrected chi connectivity index (χ4v) is 3.65. The Morgan fingerprint density at radius 1 is 1.27 bits per heavy atom. The number of rotatable bonds is 6. The second kappa shape index (κ2) is 7.33. The third-order valence-electron chi connectivity index (χ3n) is 4.97. The number of fused-ring (bicyclic) bond motifs is 1. The zero-order valence-corrected chi connectivity index (χ0v) is 15.1. The minimum absolute atomic E-state index is 0.155. The number of aliphatic hydroxyl groups is 1. The minimum Gasteiger partial charge on any atom is -0.394 e. The van der Waals surface area contributed by atoms with Gasteiger partial charge in [-0.2, -0.15) is 4.98 Å². The quantitative estimate of drug-likeness (QED) is 0.632. The van der Waals surface area contributed by atoms with Crippen molar-refractivity contribution in [3.05, 3.63) is 42.2 Å². The van der Waals surface area contributed by atoms with Crippen molar-refractivity contribution >= 4 is 28.4 Å². The molecule has 0 bridgehead atoms. The molecule has 0 radical (unpaired) electrons. The number of nitrogens with zero attached hydrogens (tertiary/aromatic N) is 3. The molecule has 26 heavy (non-hydrogen) atoms. The largest absolute Gasteiger partial charge is 0.394 e. The van der Waals surface area contributed by atoms with E-state index in [1.54, 1.807) is 0 Å². The summed E-state index contributed by atoms with van der Waals surface area (Å²) in [6, 6.07) is 10.5. The van der Waals surface area contributed by atoms with Crippen molar-refractivity contribution in [2.45, 2.75) is 38.6 Å². The molecule has 0 unspecified atom stereocenters. The second-order valence-corrected chi connectivity index (χ2v) is 6.87. The number of aromatic nitrogens is 3. The van der Waals surface area contributed by atoms with Crippen LogP contribution in [0.4, 0.5) is 17.5 Å². The van der Waals surface area contributed by atoms with Crippen LogP contribution in [0.1, 0.15) is 31.9 Å². The van der Waals surface area contributed by atoms with Crippen molar-refractivity contribution in [2.75, 3.05) is 23.4 Å². The van der Waals surface area contributed by atoms with Gasteiger partial charge in [-0.05, 0) is 42.8 Å². The third kappa shape index (κ3) is 3.37. The molecule has 0 saturated carbocycles. The van der Waals surface area contributed by atoms with Gasteiger partial charge in [-0.1, -0.05) is 19.4 Å². The van der Waals surface area contributed by atoms with Crippen LogP contribution in [0.3, 0.4) is 0 Å². The van der Waals surface area contributed by atoms with Crippen molar-refractivity contribution in [1.82, 2.24) is 15.0 Å². The Hall–Kier alpha value is -2.60. The first-order valence-corrected chi connectivity index (χ1v) is 9.36. The molecule has 6 heteroatoms. The van der Waals surface area contributed by atoms with Crippen LogP contribution in [-0.4, -0.2) is 39.3 Å². The Morgan fingerprint density at radius 2 is 2.19 bits per heavy atom. The van der Waals surface area contributed by atoms with Gasteiger partial charge in [-0.3, -0.25) is 0 Å². The molecule has 3 aromatic rings. The normalized spacial score (nSPS) is 17.2. The zero-order valence-electron chi connectivity index (χ0n) is 15.1. The Morgan fingerprint density at radius 3 is 3.04 bits per heavy atom. The lowest BCUT2D eigenvalue weighted by atomic mass is 10.2. The van der Waals surface area contributed by atoms with Crippen LogP contribution in [0.25, 0.3) is 10.9 Å². The Bertz CT molecular complexity index is 891. The maximum Gasteiger partial charge on any atom is 0.229 e. The molecule has 1 saturated heterocycles. The van der Waals surface area contributed by atoms with E-state index >= 15 is 0 Å². The number of aryl methyl sites for hydroxylation is 1. The molecule has 1 aliphatic rings. The van der Waals surface area contributed by atoms with E-state index in [1.807, 2.05) is 12.3 Å². The van der Waals surface area contributed by atoms with E-state index in [0.717, 1.165) is 54.9 Å². The number of hydrogen-bond donors (Lipinski definition) is 3. The number of nitrogens with one attached hydrogen (secondary N) is 2. The molecule has 1 fully saturated rings. The summed E-state index contributed by atoms with van der Waals surface area (Å²) in [6.07, 6.45) is 5.99. The molecule has 4 rings (SSSR count). The number of H-pyrrole nitrogens is 1. The predicted molar refractivity (Wildman–Crippen MR) is 105 cm³/mol. The lowest BCUT2D eigenvalue weighted by Gasteiger charge is -2.25. The highest BCUT2D eigenvalue weighted by atomic mass is 16.3. The van der Waals surface area contributed by atoms with Crippen molar-refractivity contribution in [3.63, 3.8) is 0 Å². The maximum atomic E-state index is 9.65. The van der Waals surface area contributed by atoms with Crippen LogP contribution in [0.2, 0.25) is 0 Å². The second-order valence-electron chi connectivity index (χ2n) is 6.87. The summed E-state index contributed by atoms with van der Waals surface area (Å²) in [5.41, 5.74) is 3.07. The van der Waals surface area contributed by atoms with E-state index in [9.17, 15) is 5.11 Å². The van der Waals surface area contributed by atoms with E-state index in [-0.39, 0.29) is 12.6 Å². The fraction of sp³-hybridized carbons (Fsp3) is 0.400. The molecule has 3 heterocycles. The maximum absolute atomic E-state index is 9.65. The number of benzene rings is 1. The molecule has 1 aliphatic heterocycles. The van der Waals surface area contributed by atoms with Gasteiger partial charge in [0, 0.05) is 35.7 Å². The average molecular weight is 351 g/mol. The average Bonchev–Trinajstić information content (AvgIpc) is 3.30. The highest BCUT2D eigenvalue weighted by Gasteiger charge is 2.25. The predicted octanol–water partition coefficient (Wildman–Crippen LogP) is 3.62. The van der Waals surface area contributed by atoms with Crippen LogP contribution in [-0.2, 0) is 6.42 Å². The molecule has 1 aromatic carbocycles. The first kappa shape index (κ1) is 16.8. The highest BCUT2D eigenvalue weighted by Crippen LogP contribution is 2.27. The minimum atomic E-state index is 0.155. The molecule has 0 amide bonds. The molecular formula is C20H25N5O. The van der Waals surface area contributed by atoms with Gasteiger partial charge in [0.2, 0.25) is 5.95 Å². The van der Waals surface area contributed by atoms with E-state index < -0.39 is 0 Å². The molecule has 0 spiro atoms. The SMILES string of the molecule is CCCc1cc(N2CCC[C@H]2CO)nc(Nc2ccc3cc[nH]c3c2)n1. The molecule has 1 atom stereocenters. The summed E-state index contributed by atoms with van der Waals surface area (Å²) in [4.78, 5) is 14.9. The van der Waals surface area contributed by atoms with Gasteiger partial charge in [-0.25, -0.2) is 4.98 Å². The first-order chi connectivity index (χ1) is 12.8. The molecule has 2 aromatic heterocycles. The van der Waals surface area contributed by atoms with Gasteiger partial charge in [0.1, 0.15) is 5.82 Å². The number of aliphatic hydroxyl groups excluding tert-OH is 1. The Labute approximate surface area is 153 Å². The summed E-state index contributed by atoms with van der Waals surface area (Å²) in [6.45, 7) is 3.25. The van der Waals surface area contributed by atoms with Gasteiger partial charge >= 0.3 is 0 Å². The smallest absolute Gasteiger partial charge is 0.229 e. The van der Waals surface area contributed by atoms with Gasteiger partial charge < -0.3 is 20.3 Å². The van der Waals surface area contributed by atoms with Crippen LogP contribution in [0.15, 0.2) is 36.5 Å². The van der Waals surface area contributed by atoms with Gasteiger partial charge in [0.15, 0.2) is 0 Å². The van der Waals surface area contributed by atoms with Crippen LogP contribution in [0.5, 0.6) is 0 Å². The van der Waals surface area contributed by atoms with Crippen LogP contribution in [0, 0.1) is 0 Å². The van der Waals surface area contributed by atoms with Crippen LogP contribution >= 0.6 is 0 Å². The summed E-state index contributed by atoms with van der Waals surface area (Å²) in [5.74, 6) is 1.52. The van der Waals surface area contributed by atoms with Crippen LogP contribution < -0.4 is 10.2 Å². The van der Waals surface area contributed by atoms with E-state index in [2.05, 4.69) is 51.4 Å². The lowest BCUT2D eigenvalue weighted by Crippen LogP contribution is -2.33. The standard InChI is InChI=1S/C20H25N5O/c1-2-4-15-12-19(25-10-3-5-17(25)13-26)24-20(22-15)23-16-7-6-14-8-9-21-18(14)11-16/h6-9,11-12,17,21,26H,2-5,10,13H2,1H3,(H,22,23,24)/t17-/m0/s1. The molecule has 6 nitrogen and oxygen atoms in total. The van der Waals surface area contributed by atoms with Gasteiger partial charge in [0.05, 0.1) is 12.6 Å². The van der Waals surface area contributed by atoms with E-state index in [0.29, 0.717) is 5.95 Å². The van der Waals surface area contributed by atoms with Gasteiger partial charge in [-0.15, -0.1) is 0 Å². The van der Waals surface area contributed by atoms with E-state index in [1.165, 1.54) is 5.39 Å². The molecular weight excluding hydrogens is 326 g/mol. The first-order valence-electron chi connectivity index (χ1n) is 9.36. The highest BCUT2D eigenvalue weighted by molar-refractivity contribution is 5.83. The summed E-state index contributed by atoms with van der Waals surface area (Å²) < 4.78 is 0. The zero-order chi connectivity index (χ0) is 17.9. The van der Waals surface area contributed by atoms with Crippen molar-refractivity contribution in [1.29, 1.82) is 0 Å². The molecule has 136 valence electrons. The van der Waals surface area contributed by atoms with E-state index in [4.69, 9.17) is 4.98 Å². The summed E-state index contributed by atoms with van der Waals surface area (Å²) in [5, 5.41) is 14.2. The Balaban J connectivity index is 1.65.